The molecule has 0 amide bonds. The first-order valence-electron chi connectivity index (χ1n) is 13.2. The highest BCUT2D eigenvalue weighted by Gasteiger charge is 2.51. The zero-order valence-corrected chi connectivity index (χ0v) is 23.3. The van der Waals surface area contributed by atoms with Gasteiger partial charge in [-0.15, -0.1) is 6.58 Å². The molecule has 37 heavy (non-hydrogen) atoms. The molecule has 196 valence electrons. The summed E-state index contributed by atoms with van der Waals surface area (Å²) in [6.45, 7) is 11.6. The molecule has 1 aliphatic heterocycles. The Labute approximate surface area is 223 Å². The minimum Gasteiger partial charge on any atom is -0.405 e. The van der Waals surface area contributed by atoms with Crippen molar-refractivity contribution in [1.29, 1.82) is 0 Å². The highest BCUT2D eigenvalue weighted by Crippen LogP contribution is 2.37. The van der Waals surface area contributed by atoms with E-state index in [1.165, 1.54) is 10.4 Å². The number of aliphatic hydroxyl groups excluding tert-OH is 1. The number of aliphatic hydroxyl groups is 1. The van der Waals surface area contributed by atoms with E-state index in [0.29, 0.717) is 26.1 Å². The van der Waals surface area contributed by atoms with Crippen molar-refractivity contribution in [2.45, 2.75) is 69.7 Å². The lowest BCUT2D eigenvalue weighted by Crippen LogP contribution is -2.67. The van der Waals surface area contributed by atoms with Gasteiger partial charge in [-0.25, -0.2) is 0 Å². The van der Waals surface area contributed by atoms with E-state index < -0.39 is 14.4 Å². The van der Waals surface area contributed by atoms with Gasteiger partial charge in [0, 0.05) is 6.42 Å². The lowest BCUT2D eigenvalue weighted by Gasteiger charge is -2.45. The zero-order valence-electron chi connectivity index (χ0n) is 22.3. The van der Waals surface area contributed by atoms with Crippen LogP contribution in [0.4, 0.5) is 0 Å². The van der Waals surface area contributed by atoms with Crippen molar-refractivity contribution in [2.24, 2.45) is 0 Å². The Bertz CT molecular complexity index is 1060. The SMILES string of the molecule is C=CC[C@H]1O[C@H](CO[Si](c2ccccc2)(c2ccccc2)C(C)(C)C)C[C@H](OCc2ccccc2)[C@@H]1O. The molecule has 0 aliphatic carbocycles. The monoisotopic (exact) mass is 516 g/mol. The lowest BCUT2D eigenvalue weighted by atomic mass is 9.96. The summed E-state index contributed by atoms with van der Waals surface area (Å²) in [5, 5.41) is 13.4. The van der Waals surface area contributed by atoms with Crippen molar-refractivity contribution in [3.05, 3.63) is 109 Å². The van der Waals surface area contributed by atoms with E-state index in [1.807, 2.05) is 30.3 Å². The molecule has 1 saturated heterocycles. The van der Waals surface area contributed by atoms with Gasteiger partial charge in [-0.05, 0) is 27.4 Å². The first kappa shape index (κ1) is 27.5. The molecule has 3 aromatic carbocycles. The predicted octanol–water partition coefficient (Wildman–Crippen LogP) is 5.24. The van der Waals surface area contributed by atoms with Crippen molar-refractivity contribution in [3.8, 4) is 0 Å². The van der Waals surface area contributed by atoms with Gasteiger partial charge in [0.15, 0.2) is 0 Å². The van der Waals surface area contributed by atoms with Gasteiger partial charge in [0.1, 0.15) is 6.10 Å². The third-order valence-corrected chi connectivity index (χ3v) is 12.2. The summed E-state index contributed by atoms with van der Waals surface area (Å²) in [5.41, 5.74) is 1.08. The molecule has 4 nitrogen and oxygen atoms in total. The Kier molecular flexibility index (Phi) is 9.16. The molecular formula is C32H40O4Si. The maximum atomic E-state index is 11.0. The van der Waals surface area contributed by atoms with Crippen molar-refractivity contribution in [3.63, 3.8) is 0 Å². The molecule has 0 unspecified atom stereocenters. The fraction of sp³-hybridized carbons (Fsp3) is 0.375. The van der Waals surface area contributed by atoms with E-state index in [9.17, 15) is 5.11 Å². The molecule has 1 fully saturated rings. The molecule has 5 heteroatoms. The molecule has 0 aromatic heterocycles. The van der Waals surface area contributed by atoms with Crippen LogP contribution in [-0.4, -0.2) is 44.4 Å². The van der Waals surface area contributed by atoms with E-state index in [2.05, 4.69) is 88.0 Å². The van der Waals surface area contributed by atoms with Crippen molar-refractivity contribution >= 4 is 18.7 Å². The molecule has 0 radical (unpaired) electrons. The van der Waals surface area contributed by atoms with Crippen LogP contribution in [0.15, 0.2) is 104 Å². The zero-order chi connectivity index (χ0) is 26.3. The lowest BCUT2D eigenvalue weighted by molar-refractivity contribution is -0.191. The molecule has 4 atom stereocenters. The van der Waals surface area contributed by atoms with E-state index in [4.69, 9.17) is 13.9 Å². The molecule has 0 bridgehead atoms. The average Bonchev–Trinajstić information content (AvgIpc) is 2.91. The number of rotatable bonds is 10. The second-order valence-corrected chi connectivity index (χ2v) is 15.2. The average molecular weight is 517 g/mol. The van der Waals surface area contributed by atoms with Gasteiger partial charge in [-0.2, -0.15) is 0 Å². The van der Waals surface area contributed by atoms with E-state index in [1.54, 1.807) is 6.08 Å². The number of hydrogen-bond acceptors (Lipinski definition) is 4. The summed E-state index contributed by atoms with van der Waals surface area (Å²) >= 11 is 0. The van der Waals surface area contributed by atoms with Crippen LogP contribution in [0.3, 0.4) is 0 Å². The minimum atomic E-state index is -2.69. The summed E-state index contributed by atoms with van der Waals surface area (Å²) in [6.07, 6.45) is 1.29. The van der Waals surface area contributed by atoms with Gasteiger partial charge in [-0.3, -0.25) is 0 Å². The maximum Gasteiger partial charge on any atom is 0.261 e. The van der Waals surface area contributed by atoms with Crippen LogP contribution in [0.2, 0.25) is 5.04 Å². The minimum absolute atomic E-state index is 0.117. The Morgan fingerprint density at radius 1 is 0.919 bits per heavy atom. The van der Waals surface area contributed by atoms with Crippen molar-refractivity contribution in [1.82, 2.24) is 0 Å². The summed E-state index contributed by atoms with van der Waals surface area (Å²) in [7, 11) is -2.69. The van der Waals surface area contributed by atoms with Crippen LogP contribution in [0.25, 0.3) is 0 Å². The Morgan fingerprint density at radius 2 is 1.46 bits per heavy atom. The molecule has 1 heterocycles. The topological polar surface area (TPSA) is 47.9 Å². The van der Waals surface area contributed by atoms with Crippen molar-refractivity contribution < 1.29 is 19.0 Å². The van der Waals surface area contributed by atoms with Crippen LogP contribution in [0.5, 0.6) is 0 Å². The van der Waals surface area contributed by atoms with Gasteiger partial charge in [-0.1, -0.05) is 118 Å². The quantitative estimate of drug-likeness (QED) is 0.296. The van der Waals surface area contributed by atoms with Crippen molar-refractivity contribution in [2.75, 3.05) is 6.61 Å². The summed E-state index contributed by atoms with van der Waals surface area (Å²) < 4.78 is 19.8. The summed E-state index contributed by atoms with van der Waals surface area (Å²) in [5.74, 6) is 0. The van der Waals surface area contributed by atoms with Gasteiger partial charge in [0.2, 0.25) is 0 Å². The molecule has 1 N–H and O–H groups in total. The molecule has 1 aliphatic rings. The highest BCUT2D eigenvalue weighted by atomic mass is 28.4. The molecule has 3 aromatic rings. The Morgan fingerprint density at radius 3 is 1.97 bits per heavy atom. The first-order valence-corrected chi connectivity index (χ1v) is 15.1. The predicted molar refractivity (Wildman–Crippen MR) is 153 cm³/mol. The van der Waals surface area contributed by atoms with E-state index in [0.717, 1.165) is 5.56 Å². The van der Waals surface area contributed by atoms with Crippen LogP contribution in [-0.2, 0) is 20.5 Å². The third-order valence-electron chi connectivity index (χ3n) is 7.23. The number of ether oxygens (including phenoxy) is 2. The number of benzene rings is 3. The molecule has 4 rings (SSSR count). The maximum absolute atomic E-state index is 11.0. The van der Waals surface area contributed by atoms with E-state index >= 15 is 0 Å². The second kappa shape index (κ2) is 12.3. The fourth-order valence-electron chi connectivity index (χ4n) is 5.41. The Hall–Kier alpha value is -2.54. The van der Waals surface area contributed by atoms with Crippen LogP contribution in [0.1, 0.15) is 39.2 Å². The van der Waals surface area contributed by atoms with Gasteiger partial charge < -0.3 is 19.0 Å². The second-order valence-electron chi connectivity index (χ2n) is 10.9. The summed E-state index contributed by atoms with van der Waals surface area (Å²) in [6, 6.07) is 31.3. The highest BCUT2D eigenvalue weighted by molar-refractivity contribution is 6.99. The molecular weight excluding hydrogens is 476 g/mol. The van der Waals surface area contributed by atoms with Crippen LogP contribution < -0.4 is 10.4 Å². The largest absolute Gasteiger partial charge is 0.405 e. The van der Waals surface area contributed by atoms with Crippen LogP contribution in [0, 0.1) is 0 Å². The van der Waals surface area contributed by atoms with Gasteiger partial charge >= 0.3 is 0 Å². The third kappa shape index (κ3) is 6.31. The molecule has 0 saturated carbocycles. The van der Waals surface area contributed by atoms with Crippen LogP contribution >= 0.6 is 0 Å². The summed E-state index contributed by atoms with van der Waals surface area (Å²) in [4.78, 5) is 0. The first-order chi connectivity index (χ1) is 17.8. The molecule has 0 spiro atoms. The Balaban J connectivity index is 1.59. The normalized spacial score (nSPS) is 22.5. The van der Waals surface area contributed by atoms with Gasteiger partial charge in [0.25, 0.3) is 8.32 Å². The van der Waals surface area contributed by atoms with E-state index in [-0.39, 0.29) is 23.4 Å². The van der Waals surface area contributed by atoms with Gasteiger partial charge in [0.05, 0.1) is 31.5 Å². The number of hydrogen-bond donors (Lipinski definition) is 1. The smallest absolute Gasteiger partial charge is 0.261 e. The standard InChI is InChI=1S/C32H40O4Si/c1-5-15-29-31(33)30(34-23-25-16-9-6-10-17-25)22-26(36-29)24-35-37(32(2,3)4,27-18-11-7-12-19-27)28-20-13-8-14-21-28/h5-14,16-21,26,29-31,33H,1,15,22-24H2,2-4H3/t26-,29+,30-,31+/m0/s1. The fourth-order valence-corrected chi connectivity index (χ4v) is 10.0.